The summed E-state index contributed by atoms with van der Waals surface area (Å²) in [4.78, 5) is 8.71. The Morgan fingerprint density at radius 3 is 2.95 bits per heavy atom. The molecule has 1 aliphatic carbocycles. The molecule has 0 radical (unpaired) electrons. The van der Waals surface area contributed by atoms with Gasteiger partial charge in [0.1, 0.15) is 5.01 Å². The van der Waals surface area contributed by atoms with Gasteiger partial charge in [-0.25, -0.2) is 18.1 Å². The molecule has 0 saturated carbocycles. The minimum atomic E-state index is -3.06. The van der Waals surface area contributed by atoms with Gasteiger partial charge in [-0.3, -0.25) is 4.90 Å². The van der Waals surface area contributed by atoms with E-state index in [2.05, 4.69) is 9.62 Å². The maximum absolute atomic E-state index is 11.5. The summed E-state index contributed by atoms with van der Waals surface area (Å²) in [6.45, 7) is 5.18. The third-order valence-electron chi connectivity index (χ3n) is 4.59. The van der Waals surface area contributed by atoms with E-state index in [0.29, 0.717) is 12.5 Å². The lowest BCUT2D eigenvalue weighted by molar-refractivity contribution is 0.316. The average molecular weight is 344 g/mol. The van der Waals surface area contributed by atoms with Crippen molar-refractivity contribution in [3.63, 3.8) is 0 Å². The van der Waals surface area contributed by atoms with Crippen LogP contribution in [0.4, 0.5) is 0 Å². The van der Waals surface area contributed by atoms with Crippen LogP contribution in [0.3, 0.4) is 0 Å². The van der Waals surface area contributed by atoms with Gasteiger partial charge in [0, 0.05) is 18.0 Å². The fourth-order valence-electron chi connectivity index (χ4n) is 3.23. The van der Waals surface area contributed by atoms with Gasteiger partial charge < -0.3 is 0 Å². The summed E-state index contributed by atoms with van der Waals surface area (Å²) >= 11 is 1.88. The number of aryl methyl sites for hydroxylation is 2. The summed E-state index contributed by atoms with van der Waals surface area (Å²) < 4.78 is 25.7. The number of sulfonamides is 1. The van der Waals surface area contributed by atoms with Crippen LogP contribution in [0.15, 0.2) is 0 Å². The number of nitrogens with zero attached hydrogens (tertiary/aromatic N) is 2. The van der Waals surface area contributed by atoms with E-state index < -0.39 is 10.0 Å². The van der Waals surface area contributed by atoms with Crippen LogP contribution in [0, 0.1) is 5.92 Å². The second kappa shape index (κ2) is 6.95. The van der Waals surface area contributed by atoms with Crippen LogP contribution >= 0.6 is 11.3 Å². The van der Waals surface area contributed by atoms with Crippen LogP contribution in [0.2, 0.25) is 0 Å². The quantitative estimate of drug-likeness (QED) is 0.855. The Kier molecular flexibility index (Phi) is 5.17. The Hall–Kier alpha value is -0.500. The zero-order valence-corrected chi connectivity index (χ0v) is 14.8. The first-order valence-electron chi connectivity index (χ1n) is 8.23. The number of fused-ring (bicyclic) bond motifs is 1. The maximum Gasteiger partial charge on any atom is 0.211 e. The summed E-state index contributed by atoms with van der Waals surface area (Å²) in [5.41, 5.74) is 1.33. The van der Waals surface area contributed by atoms with Crippen molar-refractivity contribution in [2.75, 3.05) is 25.4 Å². The molecule has 0 unspecified atom stereocenters. The van der Waals surface area contributed by atoms with Crippen molar-refractivity contribution in [2.24, 2.45) is 5.92 Å². The molecule has 5 nitrogen and oxygen atoms in total. The van der Waals surface area contributed by atoms with Crippen molar-refractivity contribution in [1.82, 2.24) is 14.6 Å². The van der Waals surface area contributed by atoms with Crippen LogP contribution in [0.25, 0.3) is 0 Å². The van der Waals surface area contributed by atoms with E-state index in [1.54, 1.807) is 6.92 Å². The van der Waals surface area contributed by atoms with Gasteiger partial charge in [0.05, 0.1) is 18.0 Å². The fraction of sp³-hybridized carbons (Fsp3) is 0.800. The minimum absolute atomic E-state index is 0.161. The molecule has 1 fully saturated rings. The summed E-state index contributed by atoms with van der Waals surface area (Å²) in [5.74, 6) is 0.588. The number of rotatable bonds is 6. The molecule has 1 aromatic rings. The lowest BCUT2D eigenvalue weighted by Crippen LogP contribution is -2.31. The number of nitrogens with one attached hydrogen (secondary N) is 1. The topological polar surface area (TPSA) is 62.3 Å². The molecule has 1 atom stereocenters. The summed E-state index contributed by atoms with van der Waals surface area (Å²) in [6, 6.07) is 0. The van der Waals surface area contributed by atoms with E-state index in [4.69, 9.17) is 4.98 Å². The lowest BCUT2D eigenvalue weighted by atomic mass is 10.0. The third-order valence-corrected chi connectivity index (χ3v) is 7.10. The molecule has 2 heterocycles. The maximum atomic E-state index is 11.5. The average Bonchev–Trinajstić information content (AvgIpc) is 3.11. The van der Waals surface area contributed by atoms with Gasteiger partial charge in [0.2, 0.25) is 10.0 Å². The van der Waals surface area contributed by atoms with Crippen molar-refractivity contribution in [2.45, 2.75) is 45.6 Å². The molecule has 0 spiro atoms. The fourth-order valence-corrected chi connectivity index (χ4v) is 5.13. The number of thiazole rings is 1. The van der Waals surface area contributed by atoms with E-state index in [-0.39, 0.29) is 5.75 Å². The second-order valence-corrected chi connectivity index (χ2v) is 9.59. The van der Waals surface area contributed by atoms with Crippen LogP contribution in [-0.4, -0.2) is 43.7 Å². The van der Waals surface area contributed by atoms with Crippen molar-refractivity contribution >= 4 is 21.4 Å². The summed E-state index contributed by atoms with van der Waals surface area (Å²) in [6.07, 6.45) is 6.00. The van der Waals surface area contributed by atoms with Crippen LogP contribution < -0.4 is 4.72 Å². The van der Waals surface area contributed by atoms with Crippen molar-refractivity contribution in [3.05, 3.63) is 15.6 Å². The normalized spacial score (nSPS) is 22.9. The molecule has 1 saturated heterocycles. The van der Waals surface area contributed by atoms with Crippen LogP contribution in [0.1, 0.15) is 41.8 Å². The molecule has 2 aliphatic rings. The standard InChI is InChI=1S/C15H25N3O2S2/c1-2-22(19,20)16-9-12-7-8-18(10-12)11-15-17-13-5-3-4-6-14(13)21-15/h12,16H,2-11H2,1H3/t12-/m1/s1. The van der Waals surface area contributed by atoms with Gasteiger partial charge in [-0.1, -0.05) is 0 Å². The van der Waals surface area contributed by atoms with Gasteiger partial charge in [0.15, 0.2) is 0 Å². The molecule has 1 N–H and O–H groups in total. The zero-order valence-electron chi connectivity index (χ0n) is 13.2. The molecular formula is C15H25N3O2S2. The molecular weight excluding hydrogens is 318 g/mol. The van der Waals surface area contributed by atoms with Crippen molar-refractivity contribution < 1.29 is 8.42 Å². The van der Waals surface area contributed by atoms with E-state index in [1.807, 2.05) is 11.3 Å². The van der Waals surface area contributed by atoms with E-state index in [0.717, 1.165) is 32.5 Å². The molecule has 0 bridgehead atoms. The lowest BCUT2D eigenvalue weighted by Gasteiger charge is -2.14. The SMILES string of the molecule is CCS(=O)(=O)NC[C@H]1CCN(Cc2nc3c(s2)CCCC3)C1. The number of hydrogen-bond donors (Lipinski definition) is 1. The first-order valence-corrected chi connectivity index (χ1v) is 10.7. The Labute approximate surface area is 137 Å². The monoisotopic (exact) mass is 343 g/mol. The molecule has 124 valence electrons. The van der Waals surface area contributed by atoms with Crippen molar-refractivity contribution in [3.8, 4) is 0 Å². The Morgan fingerprint density at radius 2 is 2.18 bits per heavy atom. The molecule has 3 rings (SSSR count). The van der Waals surface area contributed by atoms with Crippen LogP contribution in [0.5, 0.6) is 0 Å². The van der Waals surface area contributed by atoms with Gasteiger partial charge in [-0.15, -0.1) is 11.3 Å². The number of hydrogen-bond acceptors (Lipinski definition) is 5. The summed E-state index contributed by atoms with van der Waals surface area (Å²) in [7, 11) is -3.06. The highest BCUT2D eigenvalue weighted by Crippen LogP contribution is 2.28. The first-order chi connectivity index (χ1) is 10.6. The molecule has 0 aromatic carbocycles. The van der Waals surface area contributed by atoms with Gasteiger partial charge in [0.25, 0.3) is 0 Å². The smallest absolute Gasteiger partial charge is 0.211 e. The highest BCUT2D eigenvalue weighted by Gasteiger charge is 2.25. The molecule has 0 amide bonds. The zero-order chi connectivity index (χ0) is 15.6. The van der Waals surface area contributed by atoms with Crippen LogP contribution in [-0.2, 0) is 29.4 Å². The Bertz CT molecular complexity index is 589. The van der Waals surface area contributed by atoms with Gasteiger partial charge in [-0.2, -0.15) is 0 Å². The second-order valence-electron chi connectivity index (χ2n) is 6.33. The first kappa shape index (κ1) is 16.4. The van der Waals surface area contributed by atoms with Crippen molar-refractivity contribution in [1.29, 1.82) is 0 Å². The predicted octanol–water partition coefficient (Wildman–Crippen LogP) is 1.78. The number of aromatic nitrogens is 1. The number of likely N-dealkylation sites (tertiary alicyclic amines) is 1. The Balaban J connectivity index is 1.49. The predicted molar refractivity (Wildman–Crippen MR) is 89.6 cm³/mol. The Morgan fingerprint density at radius 1 is 1.36 bits per heavy atom. The highest BCUT2D eigenvalue weighted by molar-refractivity contribution is 7.89. The van der Waals surface area contributed by atoms with Gasteiger partial charge in [-0.05, 0) is 51.5 Å². The molecule has 7 heteroatoms. The largest absolute Gasteiger partial charge is 0.296 e. The van der Waals surface area contributed by atoms with E-state index >= 15 is 0 Å². The molecule has 22 heavy (non-hydrogen) atoms. The van der Waals surface area contributed by atoms with Gasteiger partial charge >= 0.3 is 0 Å². The third kappa shape index (κ3) is 4.07. The summed E-state index contributed by atoms with van der Waals surface area (Å²) in [5, 5.41) is 1.24. The highest BCUT2D eigenvalue weighted by atomic mass is 32.2. The molecule has 1 aliphatic heterocycles. The van der Waals surface area contributed by atoms with E-state index in [1.165, 1.54) is 34.8 Å². The molecule has 1 aromatic heterocycles. The minimum Gasteiger partial charge on any atom is -0.296 e. The van der Waals surface area contributed by atoms with E-state index in [9.17, 15) is 8.42 Å².